The SMILES string of the molecule is CC12CCC(n3c4ccccc4c4cc(-n5c6ccccc6c6cc([Si](c7ccccc7)(c7ccccc7)c7ccccc7)ccc65)ccc43)(CC1)CC2. The molecule has 0 spiro atoms. The molecule has 0 atom stereocenters. The minimum absolute atomic E-state index is 0.219. The van der Waals surface area contributed by atoms with Gasteiger partial charge in [-0.1, -0.05) is 146 Å². The largest absolute Gasteiger partial charge is 0.334 e. The number of rotatable bonds is 6. The molecular weight excluding hydrogens is 669 g/mol. The van der Waals surface area contributed by atoms with Crippen LogP contribution in [-0.2, 0) is 5.54 Å². The molecule has 0 saturated heterocycles. The Morgan fingerprint density at radius 1 is 0.389 bits per heavy atom. The highest BCUT2D eigenvalue weighted by atomic mass is 28.3. The minimum atomic E-state index is -2.68. The summed E-state index contributed by atoms with van der Waals surface area (Å²) < 4.78 is 5.29. The summed E-state index contributed by atoms with van der Waals surface area (Å²) in [7, 11) is -2.68. The highest BCUT2D eigenvalue weighted by Gasteiger charge is 2.48. The topological polar surface area (TPSA) is 9.86 Å². The van der Waals surface area contributed by atoms with Crippen LogP contribution < -0.4 is 20.7 Å². The lowest BCUT2D eigenvalue weighted by Crippen LogP contribution is -2.74. The van der Waals surface area contributed by atoms with Crippen LogP contribution >= 0.6 is 0 Å². The molecule has 3 aliphatic carbocycles. The first kappa shape index (κ1) is 31.8. The first-order chi connectivity index (χ1) is 26.6. The molecule has 12 rings (SSSR count). The van der Waals surface area contributed by atoms with Crippen LogP contribution in [0.2, 0.25) is 0 Å². The van der Waals surface area contributed by atoms with Gasteiger partial charge in [0.2, 0.25) is 0 Å². The maximum Gasteiger partial charge on any atom is 0.179 e. The van der Waals surface area contributed by atoms with Gasteiger partial charge in [0.1, 0.15) is 0 Å². The molecule has 0 aliphatic heterocycles. The van der Waals surface area contributed by atoms with E-state index in [1.54, 1.807) is 0 Å². The minimum Gasteiger partial charge on any atom is -0.334 e. The van der Waals surface area contributed by atoms with Crippen LogP contribution in [0, 0.1) is 5.41 Å². The summed E-state index contributed by atoms with van der Waals surface area (Å²) in [5.41, 5.74) is 7.25. The van der Waals surface area contributed by atoms with Gasteiger partial charge in [-0.25, -0.2) is 0 Å². The van der Waals surface area contributed by atoms with Crippen molar-refractivity contribution < 1.29 is 0 Å². The van der Waals surface area contributed by atoms with Crippen LogP contribution in [0.1, 0.15) is 45.4 Å². The molecule has 54 heavy (non-hydrogen) atoms. The standard InChI is InChI=1S/C51H44N2Si/c1-50-29-32-51(33-30-50,34-31-50)53-48-24-14-12-22-43(48)44-35-37(25-27-49(44)53)52-46-23-13-11-21-42(46)45-36-41(26-28-47(45)52)54(38-15-5-2-6-16-38,39-17-7-3-8-18-39)40-19-9-4-10-20-40/h2-28,35-36H,29-34H2,1H3. The van der Waals surface area contributed by atoms with E-state index < -0.39 is 8.07 Å². The van der Waals surface area contributed by atoms with E-state index in [-0.39, 0.29) is 5.54 Å². The first-order valence-electron chi connectivity index (χ1n) is 19.8. The fourth-order valence-corrected chi connectivity index (χ4v) is 15.6. The summed E-state index contributed by atoms with van der Waals surface area (Å²) in [4.78, 5) is 0. The lowest BCUT2D eigenvalue weighted by Gasteiger charge is -2.53. The second kappa shape index (κ2) is 11.9. The van der Waals surface area contributed by atoms with Gasteiger partial charge < -0.3 is 9.13 Å². The van der Waals surface area contributed by atoms with Gasteiger partial charge in [-0.2, -0.15) is 0 Å². The molecule has 0 amide bonds. The molecule has 2 nitrogen and oxygen atoms in total. The van der Waals surface area contributed by atoms with Crippen LogP contribution in [0.5, 0.6) is 0 Å². The van der Waals surface area contributed by atoms with Crippen molar-refractivity contribution in [1.82, 2.24) is 9.13 Å². The van der Waals surface area contributed by atoms with E-state index in [0.29, 0.717) is 5.41 Å². The Balaban J connectivity index is 1.15. The van der Waals surface area contributed by atoms with E-state index in [9.17, 15) is 0 Å². The number of hydrogen-bond donors (Lipinski definition) is 0. The zero-order chi connectivity index (χ0) is 35.9. The molecule has 2 bridgehead atoms. The average Bonchev–Trinajstić information content (AvgIpc) is 3.76. The molecule has 3 aliphatic rings. The van der Waals surface area contributed by atoms with Crippen molar-refractivity contribution in [2.24, 2.45) is 5.41 Å². The number of nitrogens with zero attached hydrogens (tertiary/aromatic N) is 2. The molecule has 9 aromatic rings. The molecular formula is C51H44N2Si. The van der Waals surface area contributed by atoms with Crippen molar-refractivity contribution in [1.29, 1.82) is 0 Å². The number of hydrogen-bond acceptors (Lipinski definition) is 0. The molecule has 2 heterocycles. The van der Waals surface area contributed by atoms with Crippen molar-refractivity contribution in [2.45, 2.75) is 51.0 Å². The molecule has 3 saturated carbocycles. The maximum absolute atomic E-state index is 2.78. The monoisotopic (exact) mass is 712 g/mol. The van der Waals surface area contributed by atoms with Gasteiger partial charge in [-0.3, -0.25) is 0 Å². The van der Waals surface area contributed by atoms with Gasteiger partial charge >= 0.3 is 0 Å². The summed E-state index contributed by atoms with van der Waals surface area (Å²) in [6.07, 6.45) is 7.87. The molecule has 0 unspecified atom stereocenters. The molecule has 3 heteroatoms. The quantitative estimate of drug-likeness (QED) is 0.120. The van der Waals surface area contributed by atoms with Gasteiger partial charge in [-0.15, -0.1) is 0 Å². The third-order valence-electron chi connectivity index (χ3n) is 13.7. The van der Waals surface area contributed by atoms with Crippen molar-refractivity contribution in [2.75, 3.05) is 0 Å². The fourth-order valence-electron chi connectivity index (χ4n) is 10.8. The predicted molar refractivity (Wildman–Crippen MR) is 231 cm³/mol. The molecule has 2 aromatic heterocycles. The fraction of sp³-hybridized carbons (Fsp3) is 0.176. The van der Waals surface area contributed by atoms with E-state index >= 15 is 0 Å². The third-order valence-corrected chi connectivity index (χ3v) is 18.5. The van der Waals surface area contributed by atoms with Crippen LogP contribution in [0.15, 0.2) is 176 Å². The van der Waals surface area contributed by atoms with Gasteiger partial charge in [0.15, 0.2) is 8.07 Å². The number of aromatic nitrogens is 2. The van der Waals surface area contributed by atoms with Crippen molar-refractivity contribution in [3.8, 4) is 5.69 Å². The summed E-state index contributed by atoms with van der Waals surface area (Å²) in [5, 5.41) is 10.9. The lowest BCUT2D eigenvalue weighted by molar-refractivity contribution is 0.0174. The van der Waals surface area contributed by atoms with Gasteiger partial charge in [0.05, 0.1) is 11.0 Å². The Morgan fingerprint density at radius 3 is 1.43 bits per heavy atom. The van der Waals surface area contributed by atoms with Crippen LogP contribution in [0.25, 0.3) is 49.3 Å². The zero-order valence-electron chi connectivity index (χ0n) is 30.9. The van der Waals surface area contributed by atoms with Gasteiger partial charge in [0.25, 0.3) is 0 Å². The Labute approximate surface area is 318 Å². The Bertz CT molecular complexity index is 2730. The normalized spacial score (nSPS) is 20.0. The zero-order valence-corrected chi connectivity index (χ0v) is 31.9. The van der Waals surface area contributed by atoms with E-state index in [2.05, 4.69) is 192 Å². The summed E-state index contributed by atoms with van der Waals surface area (Å²) in [6, 6.07) is 66.7. The lowest BCUT2D eigenvalue weighted by atomic mass is 9.58. The van der Waals surface area contributed by atoms with Crippen LogP contribution in [0.4, 0.5) is 0 Å². The van der Waals surface area contributed by atoms with E-state index in [1.807, 2.05) is 0 Å². The Kier molecular flexibility index (Phi) is 7.04. The van der Waals surface area contributed by atoms with Crippen molar-refractivity contribution in [3.05, 3.63) is 176 Å². The van der Waals surface area contributed by atoms with E-state index in [4.69, 9.17) is 0 Å². The molecule has 7 aromatic carbocycles. The third kappa shape index (κ3) is 4.51. The smallest absolute Gasteiger partial charge is 0.179 e. The Hall–Kier alpha value is -5.64. The molecule has 262 valence electrons. The number of para-hydroxylation sites is 2. The number of benzene rings is 7. The summed E-state index contributed by atoms with van der Waals surface area (Å²) in [5.74, 6) is 0. The molecule has 0 radical (unpaired) electrons. The van der Waals surface area contributed by atoms with Crippen LogP contribution in [0.3, 0.4) is 0 Å². The first-order valence-corrected chi connectivity index (χ1v) is 21.8. The Morgan fingerprint density at radius 2 is 0.833 bits per heavy atom. The summed E-state index contributed by atoms with van der Waals surface area (Å²) in [6.45, 7) is 2.52. The van der Waals surface area contributed by atoms with E-state index in [1.165, 1.54) is 109 Å². The van der Waals surface area contributed by atoms with Gasteiger partial charge in [0, 0.05) is 43.8 Å². The number of fused-ring (bicyclic) bond motifs is 9. The van der Waals surface area contributed by atoms with Crippen molar-refractivity contribution >= 4 is 72.4 Å². The average molecular weight is 713 g/mol. The van der Waals surface area contributed by atoms with Gasteiger partial charge in [-0.05, 0) is 101 Å². The predicted octanol–water partition coefficient (Wildman–Crippen LogP) is 10.3. The highest BCUT2D eigenvalue weighted by Crippen LogP contribution is 2.57. The second-order valence-electron chi connectivity index (χ2n) is 16.5. The second-order valence-corrected chi connectivity index (χ2v) is 20.3. The summed E-state index contributed by atoms with van der Waals surface area (Å²) >= 11 is 0. The molecule has 3 fully saturated rings. The highest BCUT2D eigenvalue weighted by molar-refractivity contribution is 7.20. The van der Waals surface area contributed by atoms with Crippen molar-refractivity contribution in [3.63, 3.8) is 0 Å². The van der Waals surface area contributed by atoms with E-state index in [0.717, 1.165) is 0 Å². The maximum atomic E-state index is 2.78. The molecule has 0 N–H and O–H groups in total. The van der Waals surface area contributed by atoms with Crippen LogP contribution in [-0.4, -0.2) is 17.2 Å².